The van der Waals surface area contributed by atoms with Crippen LogP contribution in [0.2, 0.25) is 0 Å². The largest absolute Gasteiger partial charge is 0.336 e. The summed E-state index contributed by atoms with van der Waals surface area (Å²) in [6, 6.07) is 5.92. The van der Waals surface area contributed by atoms with Gasteiger partial charge in [-0.2, -0.15) is 0 Å². The number of halogens is 1. The molecule has 2 aromatic rings. The average molecular weight is 330 g/mol. The van der Waals surface area contributed by atoms with Crippen LogP contribution in [-0.4, -0.2) is 17.9 Å². The molecule has 0 aliphatic rings. The predicted molar refractivity (Wildman–Crippen MR) is 76.9 cm³/mol. The van der Waals surface area contributed by atoms with Gasteiger partial charge in [-0.05, 0) is 41.1 Å². The lowest BCUT2D eigenvalue weighted by molar-refractivity contribution is 0.0791. The highest BCUT2D eigenvalue weighted by atomic mass is 79.9. The van der Waals surface area contributed by atoms with Crippen LogP contribution in [0.4, 0.5) is 0 Å². The Hall–Kier alpha value is -0.650. The molecule has 17 heavy (non-hydrogen) atoms. The second-order valence-electron chi connectivity index (χ2n) is 3.80. The Morgan fingerprint density at radius 3 is 2.76 bits per heavy atom. The normalized spacial score (nSPS) is 10.5. The van der Waals surface area contributed by atoms with Crippen LogP contribution in [0.3, 0.4) is 0 Å². The molecular weight excluding hydrogens is 318 g/mol. The van der Waals surface area contributed by atoms with Gasteiger partial charge in [0.15, 0.2) is 0 Å². The number of aryl methyl sites for hydroxylation is 1. The van der Waals surface area contributed by atoms with E-state index in [1.807, 2.05) is 37.6 Å². The molecule has 0 bridgehead atoms. The Morgan fingerprint density at radius 2 is 2.24 bits per heavy atom. The van der Waals surface area contributed by atoms with Crippen molar-refractivity contribution in [2.75, 3.05) is 7.05 Å². The molecule has 0 aliphatic carbocycles. The third kappa shape index (κ3) is 3.18. The van der Waals surface area contributed by atoms with Crippen LogP contribution >= 0.6 is 38.6 Å². The molecule has 5 heteroatoms. The molecule has 0 unspecified atom stereocenters. The molecule has 1 amide bonds. The number of carbonyl (C=O) groups is 1. The quantitative estimate of drug-likeness (QED) is 0.828. The molecule has 0 aliphatic heterocycles. The maximum Gasteiger partial charge on any atom is 0.263 e. The number of hydrogen-bond donors (Lipinski definition) is 0. The van der Waals surface area contributed by atoms with Crippen molar-refractivity contribution in [1.29, 1.82) is 0 Å². The van der Waals surface area contributed by atoms with Crippen LogP contribution < -0.4 is 0 Å². The van der Waals surface area contributed by atoms with Gasteiger partial charge in [-0.25, -0.2) is 0 Å². The first-order valence-corrected chi connectivity index (χ1v) is 7.60. The minimum Gasteiger partial charge on any atom is -0.336 e. The van der Waals surface area contributed by atoms with E-state index in [1.165, 1.54) is 9.75 Å². The summed E-state index contributed by atoms with van der Waals surface area (Å²) in [5, 5.41) is 2.03. The first-order valence-electron chi connectivity index (χ1n) is 5.11. The predicted octanol–water partition coefficient (Wildman–Crippen LogP) is 4.15. The SMILES string of the molecule is Cc1ccc(C(=O)N(C)Cc2cc(Br)cs2)s1. The zero-order valence-corrected chi connectivity index (χ0v) is 12.8. The minimum atomic E-state index is 0.0904. The fraction of sp³-hybridized carbons (Fsp3) is 0.250. The van der Waals surface area contributed by atoms with Crippen LogP contribution in [0.25, 0.3) is 0 Å². The Morgan fingerprint density at radius 1 is 1.47 bits per heavy atom. The number of rotatable bonds is 3. The molecule has 2 nitrogen and oxygen atoms in total. The van der Waals surface area contributed by atoms with Crippen molar-refractivity contribution in [2.24, 2.45) is 0 Å². The molecule has 0 radical (unpaired) electrons. The molecule has 0 saturated heterocycles. The molecule has 0 aromatic carbocycles. The van der Waals surface area contributed by atoms with Gasteiger partial charge in [-0.3, -0.25) is 4.79 Å². The molecular formula is C12H12BrNOS2. The minimum absolute atomic E-state index is 0.0904. The number of nitrogens with zero attached hydrogens (tertiary/aromatic N) is 1. The van der Waals surface area contributed by atoms with Crippen molar-refractivity contribution in [3.63, 3.8) is 0 Å². The molecule has 0 fully saturated rings. The van der Waals surface area contributed by atoms with E-state index in [9.17, 15) is 4.79 Å². The Balaban J connectivity index is 2.05. The lowest BCUT2D eigenvalue weighted by atomic mass is 10.3. The number of carbonyl (C=O) groups excluding carboxylic acids is 1. The average Bonchev–Trinajstić information content (AvgIpc) is 2.87. The first kappa shape index (κ1) is 12.8. The maximum absolute atomic E-state index is 12.1. The first-order chi connectivity index (χ1) is 8.06. The molecule has 0 N–H and O–H groups in total. The summed E-state index contributed by atoms with van der Waals surface area (Å²) < 4.78 is 1.07. The van der Waals surface area contributed by atoms with Crippen LogP contribution in [0.15, 0.2) is 28.1 Å². The van der Waals surface area contributed by atoms with Crippen LogP contribution in [0, 0.1) is 6.92 Å². The lowest BCUT2D eigenvalue weighted by Gasteiger charge is -2.14. The van der Waals surface area contributed by atoms with Gasteiger partial charge >= 0.3 is 0 Å². The van der Waals surface area contributed by atoms with Gasteiger partial charge in [0.05, 0.1) is 11.4 Å². The number of thiophene rings is 2. The van der Waals surface area contributed by atoms with Gasteiger partial charge in [0.2, 0.25) is 0 Å². The standard InChI is InChI=1S/C12H12BrNOS2/c1-8-3-4-11(17-8)12(15)14(2)6-10-5-9(13)7-16-10/h3-5,7H,6H2,1-2H3. The highest BCUT2D eigenvalue weighted by Crippen LogP contribution is 2.22. The van der Waals surface area contributed by atoms with E-state index in [1.54, 1.807) is 27.6 Å². The van der Waals surface area contributed by atoms with Gasteiger partial charge in [-0.1, -0.05) is 0 Å². The molecule has 2 aromatic heterocycles. The highest BCUT2D eigenvalue weighted by Gasteiger charge is 2.14. The van der Waals surface area contributed by atoms with Crippen molar-refractivity contribution in [2.45, 2.75) is 13.5 Å². The summed E-state index contributed by atoms with van der Waals surface area (Å²) in [6.45, 7) is 2.67. The van der Waals surface area contributed by atoms with E-state index in [0.717, 1.165) is 9.35 Å². The van der Waals surface area contributed by atoms with Crippen molar-refractivity contribution < 1.29 is 4.79 Å². The summed E-state index contributed by atoms with van der Waals surface area (Å²) in [6.07, 6.45) is 0. The smallest absolute Gasteiger partial charge is 0.263 e. The molecule has 2 heterocycles. The van der Waals surface area contributed by atoms with Gasteiger partial charge in [0, 0.05) is 26.7 Å². The summed E-state index contributed by atoms with van der Waals surface area (Å²) in [7, 11) is 1.84. The molecule has 0 saturated carbocycles. The zero-order chi connectivity index (χ0) is 12.4. The molecule has 0 atom stereocenters. The number of hydrogen-bond acceptors (Lipinski definition) is 3. The van der Waals surface area contributed by atoms with E-state index in [2.05, 4.69) is 15.9 Å². The van der Waals surface area contributed by atoms with Crippen molar-refractivity contribution in [3.8, 4) is 0 Å². The summed E-state index contributed by atoms with van der Waals surface area (Å²) in [4.78, 5) is 17.0. The fourth-order valence-electron chi connectivity index (χ4n) is 1.48. The van der Waals surface area contributed by atoms with Crippen molar-refractivity contribution >= 4 is 44.5 Å². The van der Waals surface area contributed by atoms with Gasteiger partial charge in [0.25, 0.3) is 5.91 Å². The Kier molecular flexibility index (Phi) is 4.01. The Labute approximate surface area is 117 Å². The molecule has 2 rings (SSSR count). The highest BCUT2D eigenvalue weighted by molar-refractivity contribution is 9.10. The van der Waals surface area contributed by atoms with Crippen LogP contribution in [0.5, 0.6) is 0 Å². The Bertz CT molecular complexity index is 532. The lowest BCUT2D eigenvalue weighted by Crippen LogP contribution is -2.24. The van der Waals surface area contributed by atoms with E-state index in [0.29, 0.717) is 6.54 Å². The van der Waals surface area contributed by atoms with Crippen molar-refractivity contribution in [1.82, 2.24) is 4.90 Å². The van der Waals surface area contributed by atoms with E-state index in [4.69, 9.17) is 0 Å². The monoisotopic (exact) mass is 329 g/mol. The fourth-order valence-corrected chi connectivity index (χ4v) is 3.85. The summed E-state index contributed by atoms with van der Waals surface area (Å²) in [5.41, 5.74) is 0. The third-order valence-electron chi connectivity index (χ3n) is 2.31. The zero-order valence-electron chi connectivity index (χ0n) is 9.57. The maximum atomic E-state index is 12.1. The second-order valence-corrected chi connectivity index (χ2v) is 7.00. The van der Waals surface area contributed by atoms with E-state index < -0.39 is 0 Å². The third-order valence-corrected chi connectivity index (χ3v) is 4.98. The van der Waals surface area contributed by atoms with Crippen LogP contribution in [-0.2, 0) is 6.54 Å². The van der Waals surface area contributed by atoms with Gasteiger partial charge in [-0.15, -0.1) is 22.7 Å². The second kappa shape index (κ2) is 5.33. The summed E-state index contributed by atoms with van der Waals surface area (Å²) >= 11 is 6.62. The molecule has 90 valence electrons. The van der Waals surface area contributed by atoms with E-state index >= 15 is 0 Å². The van der Waals surface area contributed by atoms with Gasteiger partial charge < -0.3 is 4.90 Å². The van der Waals surface area contributed by atoms with Crippen molar-refractivity contribution in [3.05, 3.63) is 42.7 Å². The van der Waals surface area contributed by atoms with E-state index in [-0.39, 0.29) is 5.91 Å². The summed E-state index contributed by atoms with van der Waals surface area (Å²) in [5.74, 6) is 0.0904. The number of amides is 1. The van der Waals surface area contributed by atoms with Gasteiger partial charge in [0.1, 0.15) is 0 Å². The van der Waals surface area contributed by atoms with Crippen LogP contribution in [0.1, 0.15) is 19.4 Å². The topological polar surface area (TPSA) is 20.3 Å². The molecule has 0 spiro atoms.